The van der Waals surface area contributed by atoms with Crippen molar-refractivity contribution in [1.29, 1.82) is 0 Å². The van der Waals surface area contributed by atoms with Crippen LogP contribution >= 0.6 is 0 Å². The summed E-state index contributed by atoms with van der Waals surface area (Å²) in [4.78, 5) is 0. The zero-order valence-corrected chi connectivity index (χ0v) is 10.5. The number of allylic oxidation sites excluding steroid dienone is 2. The fourth-order valence-corrected chi connectivity index (χ4v) is 1.64. The van der Waals surface area contributed by atoms with E-state index in [1.54, 1.807) is 13.2 Å². The zero-order valence-electron chi connectivity index (χ0n) is 10.5. The standard InChI is InChI=1S/C15H21NO/c1-3-4-5-8-12-16-13-11-14-9-6-7-10-15(14)17-2/h3-7,9-10,16H,1,8,11-13H2,2H3/b5-4+. The van der Waals surface area contributed by atoms with Crippen LogP contribution < -0.4 is 10.1 Å². The predicted molar refractivity (Wildman–Crippen MR) is 73.5 cm³/mol. The van der Waals surface area contributed by atoms with Gasteiger partial charge < -0.3 is 10.1 Å². The average Bonchev–Trinajstić information content (AvgIpc) is 2.38. The minimum Gasteiger partial charge on any atom is -0.496 e. The van der Waals surface area contributed by atoms with Crippen LogP contribution in [0.25, 0.3) is 0 Å². The highest BCUT2D eigenvalue weighted by molar-refractivity contribution is 5.33. The van der Waals surface area contributed by atoms with Gasteiger partial charge in [-0.1, -0.05) is 43.0 Å². The highest BCUT2D eigenvalue weighted by atomic mass is 16.5. The average molecular weight is 231 g/mol. The van der Waals surface area contributed by atoms with Crippen LogP contribution in [0.5, 0.6) is 5.75 Å². The molecule has 0 aliphatic carbocycles. The molecule has 0 atom stereocenters. The van der Waals surface area contributed by atoms with Gasteiger partial charge in [0.1, 0.15) is 5.75 Å². The first-order valence-electron chi connectivity index (χ1n) is 5.98. The van der Waals surface area contributed by atoms with Gasteiger partial charge in [0.05, 0.1) is 7.11 Å². The molecular formula is C15H21NO. The van der Waals surface area contributed by atoms with Crippen molar-refractivity contribution in [3.8, 4) is 5.75 Å². The molecule has 2 nitrogen and oxygen atoms in total. The first-order valence-corrected chi connectivity index (χ1v) is 5.98. The number of nitrogens with one attached hydrogen (secondary N) is 1. The first-order chi connectivity index (χ1) is 8.38. The van der Waals surface area contributed by atoms with Crippen molar-refractivity contribution in [1.82, 2.24) is 5.32 Å². The number of benzene rings is 1. The van der Waals surface area contributed by atoms with Gasteiger partial charge in [0.2, 0.25) is 0 Å². The van der Waals surface area contributed by atoms with E-state index in [9.17, 15) is 0 Å². The van der Waals surface area contributed by atoms with Gasteiger partial charge in [-0.15, -0.1) is 0 Å². The van der Waals surface area contributed by atoms with E-state index in [1.165, 1.54) is 5.56 Å². The van der Waals surface area contributed by atoms with Crippen LogP contribution in [0, 0.1) is 0 Å². The van der Waals surface area contributed by atoms with Crippen molar-refractivity contribution in [2.24, 2.45) is 0 Å². The molecule has 0 amide bonds. The van der Waals surface area contributed by atoms with E-state index in [2.05, 4.69) is 24.0 Å². The minimum atomic E-state index is 0.973. The van der Waals surface area contributed by atoms with Gasteiger partial charge in [0.25, 0.3) is 0 Å². The van der Waals surface area contributed by atoms with Crippen LogP contribution in [0.2, 0.25) is 0 Å². The topological polar surface area (TPSA) is 21.3 Å². The maximum Gasteiger partial charge on any atom is 0.122 e. The second-order valence-corrected chi connectivity index (χ2v) is 3.76. The molecule has 0 bridgehead atoms. The smallest absolute Gasteiger partial charge is 0.122 e. The Morgan fingerprint density at radius 1 is 1.29 bits per heavy atom. The highest BCUT2D eigenvalue weighted by Gasteiger charge is 1.99. The Balaban J connectivity index is 2.21. The van der Waals surface area contributed by atoms with E-state index in [0.717, 1.165) is 31.7 Å². The Hall–Kier alpha value is -1.54. The molecule has 2 heteroatoms. The summed E-state index contributed by atoms with van der Waals surface area (Å²) in [6.45, 7) is 5.61. The second kappa shape index (κ2) is 8.59. The van der Waals surface area contributed by atoms with Gasteiger partial charge in [-0.25, -0.2) is 0 Å². The van der Waals surface area contributed by atoms with Gasteiger partial charge >= 0.3 is 0 Å². The summed E-state index contributed by atoms with van der Waals surface area (Å²) in [5, 5.41) is 3.40. The summed E-state index contributed by atoms with van der Waals surface area (Å²) in [5.74, 6) is 0.973. The Labute approximate surface area is 104 Å². The van der Waals surface area contributed by atoms with E-state index in [0.29, 0.717) is 0 Å². The lowest BCUT2D eigenvalue weighted by atomic mass is 10.1. The molecule has 0 aliphatic rings. The minimum absolute atomic E-state index is 0.973. The van der Waals surface area contributed by atoms with E-state index in [1.807, 2.05) is 24.3 Å². The Bertz CT molecular complexity index is 358. The number of hydrogen-bond donors (Lipinski definition) is 1. The fraction of sp³-hybridized carbons (Fsp3) is 0.333. The molecule has 17 heavy (non-hydrogen) atoms. The number of rotatable bonds is 8. The van der Waals surface area contributed by atoms with Crippen LogP contribution in [0.1, 0.15) is 12.0 Å². The summed E-state index contributed by atoms with van der Waals surface area (Å²) in [5.41, 5.74) is 1.25. The molecule has 0 aromatic heterocycles. The Morgan fingerprint density at radius 2 is 2.12 bits per heavy atom. The normalized spacial score (nSPS) is 10.6. The molecule has 0 spiro atoms. The summed E-state index contributed by atoms with van der Waals surface area (Å²) in [6, 6.07) is 8.15. The van der Waals surface area contributed by atoms with Gasteiger partial charge in [0.15, 0.2) is 0 Å². The van der Waals surface area contributed by atoms with Gasteiger partial charge in [-0.05, 0) is 37.6 Å². The molecule has 0 unspecified atom stereocenters. The van der Waals surface area contributed by atoms with Crippen LogP contribution in [0.15, 0.2) is 49.1 Å². The highest BCUT2D eigenvalue weighted by Crippen LogP contribution is 2.17. The first kappa shape index (κ1) is 13.5. The molecule has 1 aromatic rings. The fourth-order valence-electron chi connectivity index (χ4n) is 1.64. The Kier molecular flexibility index (Phi) is 6.84. The van der Waals surface area contributed by atoms with Gasteiger partial charge in [-0.2, -0.15) is 0 Å². The number of methoxy groups -OCH3 is 1. The predicted octanol–water partition coefficient (Wildman–Crippen LogP) is 2.96. The van der Waals surface area contributed by atoms with Crippen molar-refractivity contribution in [2.75, 3.05) is 20.2 Å². The third-order valence-electron chi connectivity index (χ3n) is 2.52. The maximum atomic E-state index is 5.31. The molecule has 0 fully saturated rings. The summed E-state index contributed by atoms with van der Waals surface area (Å²) >= 11 is 0. The molecule has 0 heterocycles. The lowest BCUT2D eigenvalue weighted by Gasteiger charge is -2.08. The van der Waals surface area contributed by atoms with Crippen molar-refractivity contribution < 1.29 is 4.74 Å². The lowest BCUT2D eigenvalue weighted by molar-refractivity contribution is 0.409. The van der Waals surface area contributed by atoms with Crippen molar-refractivity contribution in [3.05, 3.63) is 54.6 Å². The van der Waals surface area contributed by atoms with Crippen molar-refractivity contribution >= 4 is 0 Å². The molecule has 0 saturated carbocycles. The lowest BCUT2D eigenvalue weighted by Crippen LogP contribution is -2.18. The SMILES string of the molecule is C=C/C=C/CCNCCc1ccccc1OC. The van der Waals surface area contributed by atoms with E-state index < -0.39 is 0 Å². The molecule has 1 N–H and O–H groups in total. The molecule has 0 aliphatic heterocycles. The zero-order chi connectivity index (χ0) is 12.3. The molecule has 0 saturated heterocycles. The van der Waals surface area contributed by atoms with Crippen LogP contribution in [-0.2, 0) is 6.42 Å². The van der Waals surface area contributed by atoms with E-state index >= 15 is 0 Å². The van der Waals surface area contributed by atoms with Gasteiger partial charge in [-0.3, -0.25) is 0 Å². The number of para-hydroxylation sites is 1. The monoisotopic (exact) mass is 231 g/mol. The van der Waals surface area contributed by atoms with E-state index in [-0.39, 0.29) is 0 Å². The third-order valence-corrected chi connectivity index (χ3v) is 2.52. The summed E-state index contributed by atoms with van der Waals surface area (Å²) in [7, 11) is 1.71. The number of hydrogen-bond acceptors (Lipinski definition) is 2. The third kappa shape index (κ3) is 5.36. The van der Waals surface area contributed by atoms with Gasteiger partial charge in [0, 0.05) is 0 Å². The van der Waals surface area contributed by atoms with E-state index in [4.69, 9.17) is 4.74 Å². The van der Waals surface area contributed by atoms with Crippen molar-refractivity contribution in [3.63, 3.8) is 0 Å². The molecule has 92 valence electrons. The molecular weight excluding hydrogens is 210 g/mol. The molecule has 0 radical (unpaired) electrons. The molecule has 1 rings (SSSR count). The summed E-state index contributed by atoms with van der Waals surface area (Å²) < 4.78 is 5.31. The summed E-state index contributed by atoms with van der Waals surface area (Å²) in [6.07, 6.45) is 7.92. The quantitative estimate of drug-likeness (QED) is 0.548. The second-order valence-electron chi connectivity index (χ2n) is 3.76. The maximum absolute atomic E-state index is 5.31. The van der Waals surface area contributed by atoms with Crippen LogP contribution in [-0.4, -0.2) is 20.2 Å². The van der Waals surface area contributed by atoms with Crippen LogP contribution in [0.3, 0.4) is 0 Å². The number of ether oxygens (including phenoxy) is 1. The van der Waals surface area contributed by atoms with Crippen molar-refractivity contribution in [2.45, 2.75) is 12.8 Å². The molecule has 1 aromatic carbocycles. The largest absolute Gasteiger partial charge is 0.496 e. The Morgan fingerprint density at radius 3 is 2.88 bits per heavy atom. The van der Waals surface area contributed by atoms with Crippen LogP contribution in [0.4, 0.5) is 0 Å².